The van der Waals surface area contributed by atoms with Crippen LogP contribution in [-0.2, 0) is 27.5 Å². The van der Waals surface area contributed by atoms with E-state index in [-0.39, 0.29) is 18.2 Å². The number of piperidine rings is 1. The maximum Gasteiger partial charge on any atom is 0.328 e. The summed E-state index contributed by atoms with van der Waals surface area (Å²) in [5, 5.41) is 11.0. The van der Waals surface area contributed by atoms with Gasteiger partial charge in [0.05, 0.1) is 0 Å². The number of carboxylic acid groups (broad SMARTS) is 1. The van der Waals surface area contributed by atoms with E-state index in [2.05, 4.69) is 15.1 Å². The summed E-state index contributed by atoms with van der Waals surface area (Å²) < 4.78 is 0. The van der Waals surface area contributed by atoms with Crippen molar-refractivity contribution in [1.29, 1.82) is 0 Å². The number of aliphatic carboxylic acids is 1. The van der Waals surface area contributed by atoms with E-state index in [1.807, 2.05) is 18.2 Å². The molecule has 0 aromatic heterocycles. The van der Waals surface area contributed by atoms with Crippen LogP contribution in [0, 0.1) is 0 Å². The highest BCUT2D eigenvalue weighted by Crippen LogP contribution is 2.28. The zero-order valence-corrected chi connectivity index (χ0v) is 17.2. The standard InChI is InChI=1S/C22H26N4O5/c27-19-6-5-18(21(30)23-19)26-14-16-12-15(3-4-17(16)22(26)31)13-25-10-8-24(9-11-25)7-1-2-20(28)29/h1-4,12,18H,5-11,13-14H2,(H,28,29)(H,23,27,30)/b2-1+. The molecule has 4 rings (SSSR count). The van der Waals surface area contributed by atoms with Gasteiger partial charge in [-0.25, -0.2) is 4.79 Å². The lowest BCUT2D eigenvalue weighted by atomic mass is 10.0. The third kappa shape index (κ3) is 4.83. The summed E-state index contributed by atoms with van der Waals surface area (Å²) in [5.41, 5.74) is 2.67. The van der Waals surface area contributed by atoms with Crippen molar-refractivity contribution in [2.45, 2.75) is 32.0 Å². The number of piperazine rings is 1. The molecule has 0 spiro atoms. The first-order valence-corrected chi connectivity index (χ1v) is 10.5. The molecule has 1 unspecified atom stereocenters. The molecule has 3 aliphatic heterocycles. The minimum absolute atomic E-state index is 0.154. The number of rotatable bonds is 6. The van der Waals surface area contributed by atoms with Gasteiger partial charge < -0.3 is 10.0 Å². The second kappa shape index (κ2) is 8.99. The SMILES string of the molecule is O=C(O)/C=C/CN1CCN(Cc2ccc3c(c2)CN(C2CCC(=O)NC2=O)C3=O)CC1. The third-order valence-electron chi connectivity index (χ3n) is 6.08. The Bertz CT molecular complexity index is 936. The fraction of sp³-hybridized carbons (Fsp3) is 0.455. The molecule has 0 saturated carbocycles. The van der Waals surface area contributed by atoms with Crippen LogP contribution in [0.4, 0.5) is 0 Å². The average Bonchev–Trinajstić information content (AvgIpc) is 3.05. The van der Waals surface area contributed by atoms with E-state index in [4.69, 9.17) is 5.11 Å². The topological polar surface area (TPSA) is 110 Å². The molecule has 9 heteroatoms. The van der Waals surface area contributed by atoms with Crippen LogP contribution in [0.1, 0.15) is 34.3 Å². The molecule has 3 amide bonds. The summed E-state index contributed by atoms with van der Waals surface area (Å²) in [6.45, 7) is 5.32. The van der Waals surface area contributed by atoms with Crippen molar-refractivity contribution in [1.82, 2.24) is 20.0 Å². The van der Waals surface area contributed by atoms with Crippen LogP contribution in [0.25, 0.3) is 0 Å². The highest BCUT2D eigenvalue weighted by Gasteiger charge is 2.39. The van der Waals surface area contributed by atoms with Gasteiger partial charge in [-0.05, 0) is 23.6 Å². The van der Waals surface area contributed by atoms with E-state index in [0.717, 1.165) is 43.9 Å². The lowest BCUT2D eigenvalue weighted by Gasteiger charge is -2.34. The van der Waals surface area contributed by atoms with Crippen molar-refractivity contribution in [2.24, 2.45) is 0 Å². The monoisotopic (exact) mass is 426 g/mol. The van der Waals surface area contributed by atoms with Gasteiger partial charge in [0, 0.05) is 63.9 Å². The van der Waals surface area contributed by atoms with E-state index in [1.165, 1.54) is 6.08 Å². The third-order valence-corrected chi connectivity index (χ3v) is 6.08. The Labute approximate surface area is 180 Å². The molecular weight excluding hydrogens is 400 g/mol. The van der Waals surface area contributed by atoms with Crippen molar-refractivity contribution >= 4 is 23.7 Å². The quantitative estimate of drug-likeness (QED) is 0.494. The molecule has 164 valence electrons. The Kier molecular flexibility index (Phi) is 6.15. The van der Waals surface area contributed by atoms with Gasteiger partial charge in [0.25, 0.3) is 5.91 Å². The molecule has 0 bridgehead atoms. The number of imide groups is 1. The minimum Gasteiger partial charge on any atom is -0.478 e. The van der Waals surface area contributed by atoms with E-state index in [1.54, 1.807) is 11.0 Å². The van der Waals surface area contributed by atoms with Crippen molar-refractivity contribution in [3.05, 3.63) is 47.0 Å². The molecule has 1 aromatic carbocycles. The van der Waals surface area contributed by atoms with Crippen molar-refractivity contribution in [3.8, 4) is 0 Å². The van der Waals surface area contributed by atoms with Gasteiger partial charge in [-0.1, -0.05) is 18.2 Å². The molecule has 0 radical (unpaired) electrons. The van der Waals surface area contributed by atoms with Crippen molar-refractivity contribution in [3.63, 3.8) is 0 Å². The molecule has 3 aliphatic rings. The predicted octanol–water partition coefficient (Wildman–Crippen LogP) is 0.206. The molecule has 3 heterocycles. The number of carbonyl (C=O) groups excluding carboxylic acids is 3. The summed E-state index contributed by atoms with van der Waals surface area (Å²) in [5.74, 6) is -1.76. The van der Waals surface area contributed by atoms with Crippen molar-refractivity contribution < 1.29 is 24.3 Å². The van der Waals surface area contributed by atoms with Crippen LogP contribution in [0.3, 0.4) is 0 Å². The highest BCUT2D eigenvalue weighted by molar-refractivity contribution is 6.05. The zero-order valence-electron chi connectivity index (χ0n) is 17.2. The summed E-state index contributed by atoms with van der Waals surface area (Å²) in [7, 11) is 0. The van der Waals surface area contributed by atoms with Crippen molar-refractivity contribution in [2.75, 3.05) is 32.7 Å². The van der Waals surface area contributed by atoms with Gasteiger partial charge in [0.15, 0.2) is 0 Å². The predicted molar refractivity (Wildman–Crippen MR) is 111 cm³/mol. The molecular formula is C22H26N4O5. The first-order chi connectivity index (χ1) is 14.9. The second-order valence-corrected chi connectivity index (χ2v) is 8.21. The largest absolute Gasteiger partial charge is 0.478 e. The van der Waals surface area contributed by atoms with Gasteiger partial charge in [-0.15, -0.1) is 0 Å². The van der Waals surface area contributed by atoms with E-state index in [9.17, 15) is 19.2 Å². The molecule has 2 fully saturated rings. The summed E-state index contributed by atoms with van der Waals surface area (Å²) in [6.07, 6.45) is 3.46. The van der Waals surface area contributed by atoms with Crippen LogP contribution in [0.5, 0.6) is 0 Å². The fourth-order valence-corrected chi connectivity index (χ4v) is 4.42. The highest BCUT2D eigenvalue weighted by atomic mass is 16.4. The zero-order chi connectivity index (χ0) is 22.0. The van der Waals surface area contributed by atoms with Crippen LogP contribution in [-0.4, -0.2) is 82.3 Å². The van der Waals surface area contributed by atoms with Gasteiger partial charge in [-0.3, -0.25) is 29.5 Å². The van der Waals surface area contributed by atoms with Gasteiger partial charge in [0.1, 0.15) is 6.04 Å². The molecule has 31 heavy (non-hydrogen) atoms. The van der Waals surface area contributed by atoms with Crippen LogP contribution in [0.2, 0.25) is 0 Å². The number of nitrogens with one attached hydrogen (secondary N) is 1. The van der Waals surface area contributed by atoms with Crippen LogP contribution in [0.15, 0.2) is 30.4 Å². The summed E-state index contributed by atoms with van der Waals surface area (Å²) in [6, 6.07) is 5.25. The molecule has 0 aliphatic carbocycles. The number of hydrogen-bond acceptors (Lipinski definition) is 6. The number of amides is 3. The molecule has 2 saturated heterocycles. The second-order valence-electron chi connectivity index (χ2n) is 8.21. The maximum atomic E-state index is 12.8. The average molecular weight is 426 g/mol. The number of benzene rings is 1. The number of fused-ring (bicyclic) bond motifs is 1. The first kappa shape index (κ1) is 21.2. The molecule has 1 atom stereocenters. The number of nitrogens with zero attached hydrogens (tertiary/aromatic N) is 3. The summed E-state index contributed by atoms with van der Waals surface area (Å²) in [4.78, 5) is 53.1. The molecule has 9 nitrogen and oxygen atoms in total. The Hall–Kier alpha value is -3.04. The Morgan fingerprint density at radius 1 is 1.13 bits per heavy atom. The Morgan fingerprint density at radius 3 is 2.58 bits per heavy atom. The Morgan fingerprint density at radius 2 is 1.87 bits per heavy atom. The van der Waals surface area contributed by atoms with Crippen LogP contribution < -0.4 is 5.32 Å². The molecule has 2 N–H and O–H groups in total. The van der Waals surface area contributed by atoms with E-state index in [0.29, 0.717) is 25.1 Å². The van der Waals surface area contributed by atoms with Gasteiger partial charge in [0.2, 0.25) is 11.8 Å². The first-order valence-electron chi connectivity index (χ1n) is 10.5. The van der Waals surface area contributed by atoms with Gasteiger partial charge >= 0.3 is 5.97 Å². The summed E-state index contributed by atoms with van der Waals surface area (Å²) >= 11 is 0. The number of carboxylic acids is 1. The normalized spacial score (nSPS) is 22.8. The lowest BCUT2D eigenvalue weighted by molar-refractivity contribution is -0.137. The lowest BCUT2D eigenvalue weighted by Crippen LogP contribution is -2.52. The fourth-order valence-electron chi connectivity index (χ4n) is 4.42. The van der Waals surface area contributed by atoms with E-state index >= 15 is 0 Å². The minimum atomic E-state index is -0.926. The molecule has 1 aromatic rings. The Balaban J connectivity index is 1.33. The van der Waals surface area contributed by atoms with Gasteiger partial charge in [-0.2, -0.15) is 0 Å². The number of hydrogen-bond donors (Lipinski definition) is 2. The number of carbonyl (C=O) groups is 4. The smallest absolute Gasteiger partial charge is 0.328 e. The van der Waals surface area contributed by atoms with Crippen LogP contribution >= 0.6 is 0 Å². The van der Waals surface area contributed by atoms with E-state index < -0.39 is 17.9 Å². The maximum absolute atomic E-state index is 12.8.